The Morgan fingerprint density at radius 2 is 1.82 bits per heavy atom. The maximum Gasteiger partial charge on any atom is 0.416 e. The molecule has 1 N–H and O–H groups in total. The Hall–Kier alpha value is -4.34. The van der Waals surface area contributed by atoms with Gasteiger partial charge in [-0.15, -0.1) is 0 Å². The first-order chi connectivity index (χ1) is 19.1. The first kappa shape index (κ1) is 27.2. The molecule has 0 atom stereocenters. The van der Waals surface area contributed by atoms with Crippen LogP contribution in [0.3, 0.4) is 0 Å². The normalized spacial score (nSPS) is 15.7. The van der Waals surface area contributed by atoms with Gasteiger partial charge in [-0.25, -0.2) is 9.48 Å². The number of aromatic nitrogens is 2. The molecular formula is C27H23ClF3N7O2. The maximum atomic E-state index is 13.4. The molecule has 0 spiro atoms. The number of piperazine rings is 1. The molecule has 3 heterocycles. The van der Waals surface area contributed by atoms with Gasteiger partial charge in [0.15, 0.2) is 5.82 Å². The summed E-state index contributed by atoms with van der Waals surface area (Å²) in [7, 11) is 0. The fourth-order valence-electron chi connectivity index (χ4n) is 4.68. The third-order valence-electron chi connectivity index (χ3n) is 6.70. The van der Waals surface area contributed by atoms with Gasteiger partial charge < -0.3 is 10.2 Å². The van der Waals surface area contributed by atoms with Gasteiger partial charge in [0.05, 0.1) is 24.0 Å². The Morgan fingerprint density at radius 1 is 1.07 bits per heavy atom. The lowest BCUT2D eigenvalue weighted by Gasteiger charge is -2.36. The van der Waals surface area contributed by atoms with Gasteiger partial charge >= 0.3 is 12.2 Å². The molecule has 1 fully saturated rings. The number of amides is 3. The SMILES string of the molecule is N#Cc1cnn2c1N(C(=O)CN1CCN(C(=O)Nc3cccc(Cl)c3)CC1)CC=C2c1cccc(C(F)(F)F)c1. The molecule has 2 aliphatic heterocycles. The molecule has 40 heavy (non-hydrogen) atoms. The zero-order valence-electron chi connectivity index (χ0n) is 21.0. The molecule has 3 amide bonds. The van der Waals surface area contributed by atoms with E-state index in [0.29, 0.717) is 42.6 Å². The van der Waals surface area contributed by atoms with E-state index in [1.165, 1.54) is 27.9 Å². The summed E-state index contributed by atoms with van der Waals surface area (Å²) >= 11 is 5.98. The van der Waals surface area contributed by atoms with Crippen molar-refractivity contribution >= 4 is 40.7 Å². The molecule has 0 radical (unpaired) electrons. The van der Waals surface area contributed by atoms with Gasteiger partial charge in [0.2, 0.25) is 5.91 Å². The number of halogens is 4. The lowest BCUT2D eigenvalue weighted by molar-refractivity contribution is -0.137. The van der Waals surface area contributed by atoms with Crippen LogP contribution < -0.4 is 10.2 Å². The minimum Gasteiger partial charge on any atom is -0.322 e. The standard InChI is InChI=1S/C27H23ClF3N7O2/c28-21-5-2-6-22(14-21)34-26(40)36-11-9-35(10-12-36)17-24(39)37-8-7-23(38-25(37)19(15-32)16-33-38)18-3-1-4-20(13-18)27(29,30)31/h1-7,13-14,16H,8-12,17H2,(H,34,40). The molecule has 206 valence electrons. The predicted molar refractivity (Wildman–Crippen MR) is 143 cm³/mol. The number of hydrogen-bond acceptors (Lipinski definition) is 5. The van der Waals surface area contributed by atoms with E-state index in [0.717, 1.165) is 12.1 Å². The fourth-order valence-corrected chi connectivity index (χ4v) is 4.87. The van der Waals surface area contributed by atoms with Gasteiger partial charge in [-0.3, -0.25) is 14.6 Å². The van der Waals surface area contributed by atoms with E-state index in [1.54, 1.807) is 35.2 Å². The molecule has 13 heteroatoms. The molecule has 1 saturated heterocycles. The summed E-state index contributed by atoms with van der Waals surface area (Å²) in [5.41, 5.74) is 0.532. The Bertz CT molecular complexity index is 1520. The highest BCUT2D eigenvalue weighted by Gasteiger charge is 2.33. The molecule has 1 aromatic heterocycles. The minimum absolute atomic E-state index is 0.0343. The number of nitrogens with one attached hydrogen (secondary N) is 1. The van der Waals surface area contributed by atoms with Gasteiger partial charge in [0.1, 0.15) is 11.6 Å². The number of rotatable bonds is 4. The van der Waals surface area contributed by atoms with Crippen LogP contribution in [0.4, 0.5) is 29.5 Å². The third kappa shape index (κ3) is 5.66. The minimum atomic E-state index is -4.52. The number of anilines is 2. The van der Waals surface area contributed by atoms with Gasteiger partial charge in [-0.1, -0.05) is 29.8 Å². The van der Waals surface area contributed by atoms with Crippen molar-refractivity contribution in [1.29, 1.82) is 5.26 Å². The molecule has 2 aliphatic rings. The molecule has 0 bridgehead atoms. The van der Waals surface area contributed by atoms with E-state index < -0.39 is 11.7 Å². The van der Waals surface area contributed by atoms with Crippen LogP contribution in [-0.4, -0.2) is 70.8 Å². The number of hydrogen-bond donors (Lipinski definition) is 1. The van der Waals surface area contributed by atoms with Crippen molar-refractivity contribution in [2.75, 3.05) is 49.5 Å². The van der Waals surface area contributed by atoms with E-state index >= 15 is 0 Å². The van der Waals surface area contributed by atoms with Crippen LogP contribution in [0, 0.1) is 11.3 Å². The molecule has 0 saturated carbocycles. The van der Waals surface area contributed by atoms with Crippen LogP contribution in [0.25, 0.3) is 5.70 Å². The summed E-state index contributed by atoms with van der Waals surface area (Å²) in [4.78, 5) is 30.9. The molecular weight excluding hydrogens is 547 g/mol. The second-order valence-electron chi connectivity index (χ2n) is 9.28. The van der Waals surface area contributed by atoms with E-state index in [2.05, 4.69) is 10.4 Å². The van der Waals surface area contributed by atoms with Crippen LogP contribution in [-0.2, 0) is 11.0 Å². The lowest BCUT2D eigenvalue weighted by Crippen LogP contribution is -2.53. The van der Waals surface area contributed by atoms with Crippen molar-refractivity contribution in [1.82, 2.24) is 19.6 Å². The van der Waals surface area contributed by atoms with Gasteiger partial charge in [-0.05, 0) is 36.4 Å². The second-order valence-corrected chi connectivity index (χ2v) is 9.72. The molecule has 0 aliphatic carbocycles. The summed E-state index contributed by atoms with van der Waals surface area (Å²) in [5, 5.41) is 17.2. The number of benzene rings is 2. The van der Waals surface area contributed by atoms with Gasteiger partial charge in [0, 0.05) is 49.0 Å². The first-order valence-electron chi connectivity index (χ1n) is 12.3. The summed E-state index contributed by atoms with van der Waals surface area (Å²) in [5.74, 6) is -0.0867. The smallest absolute Gasteiger partial charge is 0.322 e. The van der Waals surface area contributed by atoms with Crippen molar-refractivity contribution in [3.63, 3.8) is 0 Å². The predicted octanol–water partition coefficient (Wildman–Crippen LogP) is 4.51. The number of fused-ring (bicyclic) bond motifs is 1. The molecule has 5 rings (SSSR count). The fraction of sp³-hybridized carbons (Fsp3) is 0.259. The average molecular weight is 570 g/mol. The second kappa shape index (κ2) is 11.0. The number of carbonyl (C=O) groups excluding carboxylic acids is 2. The lowest BCUT2D eigenvalue weighted by atomic mass is 10.1. The Balaban J connectivity index is 1.26. The molecule has 3 aromatic rings. The quantitative estimate of drug-likeness (QED) is 0.499. The number of carbonyl (C=O) groups is 2. The molecule has 2 aromatic carbocycles. The zero-order chi connectivity index (χ0) is 28.4. The van der Waals surface area contributed by atoms with E-state index in [4.69, 9.17) is 11.6 Å². The van der Waals surface area contributed by atoms with Crippen molar-refractivity contribution in [3.8, 4) is 6.07 Å². The topological polar surface area (TPSA) is 97.5 Å². The highest BCUT2D eigenvalue weighted by molar-refractivity contribution is 6.30. The number of alkyl halides is 3. The largest absolute Gasteiger partial charge is 0.416 e. The number of urea groups is 1. The highest BCUT2D eigenvalue weighted by atomic mass is 35.5. The van der Waals surface area contributed by atoms with Crippen LogP contribution in [0.1, 0.15) is 16.7 Å². The molecule has 0 unspecified atom stereocenters. The summed E-state index contributed by atoms with van der Waals surface area (Å²) in [6.07, 6.45) is -1.61. The van der Waals surface area contributed by atoms with Crippen molar-refractivity contribution in [2.24, 2.45) is 0 Å². The Morgan fingerprint density at radius 3 is 2.52 bits per heavy atom. The van der Waals surface area contributed by atoms with Crippen LogP contribution >= 0.6 is 11.6 Å². The van der Waals surface area contributed by atoms with E-state index in [1.807, 2.05) is 11.0 Å². The Kier molecular flexibility index (Phi) is 7.51. The van der Waals surface area contributed by atoms with Crippen LogP contribution in [0.2, 0.25) is 5.02 Å². The third-order valence-corrected chi connectivity index (χ3v) is 6.93. The number of nitriles is 1. The van der Waals surface area contributed by atoms with Crippen LogP contribution in [0.5, 0.6) is 0 Å². The van der Waals surface area contributed by atoms with Gasteiger partial charge in [0.25, 0.3) is 0 Å². The van der Waals surface area contributed by atoms with E-state index in [9.17, 15) is 28.0 Å². The van der Waals surface area contributed by atoms with Crippen LogP contribution in [0.15, 0.2) is 60.8 Å². The Labute approximate surface area is 232 Å². The van der Waals surface area contributed by atoms with Crippen molar-refractivity contribution < 1.29 is 22.8 Å². The number of nitrogens with zero attached hydrogens (tertiary/aromatic N) is 6. The first-order valence-corrected chi connectivity index (χ1v) is 12.7. The average Bonchev–Trinajstić information content (AvgIpc) is 3.37. The van der Waals surface area contributed by atoms with Gasteiger partial charge in [-0.2, -0.15) is 23.5 Å². The van der Waals surface area contributed by atoms with E-state index in [-0.39, 0.29) is 42.0 Å². The van der Waals surface area contributed by atoms with Crippen molar-refractivity contribution in [2.45, 2.75) is 6.18 Å². The monoisotopic (exact) mass is 569 g/mol. The zero-order valence-corrected chi connectivity index (χ0v) is 21.8. The molecule has 9 nitrogen and oxygen atoms in total. The maximum absolute atomic E-state index is 13.4. The summed E-state index contributed by atoms with van der Waals surface area (Å²) < 4.78 is 41.2. The highest BCUT2D eigenvalue weighted by Crippen LogP contribution is 2.34. The van der Waals surface area contributed by atoms with Crippen molar-refractivity contribution in [3.05, 3.63) is 82.5 Å². The summed E-state index contributed by atoms with van der Waals surface area (Å²) in [6.45, 7) is 1.82. The summed E-state index contributed by atoms with van der Waals surface area (Å²) in [6, 6.07) is 13.4.